The summed E-state index contributed by atoms with van der Waals surface area (Å²) in [6.45, 7) is 3.43. The van der Waals surface area contributed by atoms with E-state index in [0.29, 0.717) is 24.9 Å². The van der Waals surface area contributed by atoms with Crippen LogP contribution in [0, 0.1) is 5.92 Å². The Balaban J connectivity index is 2.08. The average molecular weight is 219 g/mol. The van der Waals surface area contributed by atoms with Gasteiger partial charge in [0.25, 0.3) is 0 Å². The smallest absolute Gasteiger partial charge is 0.407 e. The van der Waals surface area contributed by atoms with E-state index < -0.39 is 6.09 Å². The summed E-state index contributed by atoms with van der Waals surface area (Å²) in [4.78, 5) is 12.4. The van der Waals surface area contributed by atoms with Gasteiger partial charge in [-0.3, -0.25) is 0 Å². The van der Waals surface area contributed by atoms with E-state index in [1.165, 1.54) is 10.5 Å². The van der Waals surface area contributed by atoms with Crippen molar-refractivity contribution < 1.29 is 9.90 Å². The number of benzene rings is 1. The van der Waals surface area contributed by atoms with Crippen molar-refractivity contribution in [3.8, 4) is 0 Å². The molecule has 0 radical (unpaired) electrons. The maximum atomic E-state index is 10.9. The molecule has 1 amide bonds. The van der Waals surface area contributed by atoms with Gasteiger partial charge in [-0.2, -0.15) is 0 Å². The van der Waals surface area contributed by atoms with Crippen molar-refractivity contribution in [2.75, 3.05) is 13.1 Å². The lowest BCUT2D eigenvalue weighted by Gasteiger charge is -2.35. The SMILES string of the molecule is CC1CN(C(=O)O)CCC1c1ccccc1. The molecule has 1 heterocycles. The fraction of sp³-hybridized carbons (Fsp3) is 0.462. The van der Waals surface area contributed by atoms with Crippen molar-refractivity contribution in [2.45, 2.75) is 19.3 Å². The molecule has 0 spiro atoms. The number of hydrogen-bond acceptors (Lipinski definition) is 1. The van der Waals surface area contributed by atoms with E-state index in [4.69, 9.17) is 5.11 Å². The van der Waals surface area contributed by atoms with Crippen molar-refractivity contribution in [1.29, 1.82) is 0 Å². The van der Waals surface area contributed by atoms with Gasteiger partial charge in [0.1, 0.15) is 0 Å². The molecule has 16 heavy (non-hydrogen) atoms. The van der Waals surface area contributed by atoms with Crippen molar-refractivity contribution in [3.63, 3.8) is 0 Å². The number of hydrogen-bond donors (Lipinski definition) is 1. The van der Waals surface area contributed by atoms with Crippen LogP contribution in [-0.4, -0.2) is 29.2 Å². The van der Waals surface area contributed by atoms with Crippen molar-refractivity contribution in [2.24, 2.45) is 5.92 Å². The van der Waals surface area contributed by atoms with E-state index in [1.807, 2.05) is 18.2 Å². The third-order valence-corrected chi connectivity index (χ3v) is 3.40. The fourth-order valence-electron chi connectivity index (χ4n) is 2.51. The molecule has 2 atom stereocenters. The third kappa shape index (κ3) is 2.18. The Morgan fingerprint density at radius 1 is 1.38 bits per heavy atom. The van der Waals surface area contributed by atoms with E-state index >= 15 is 0 Å². The van der Waals surface area contributed by atoms with Crippen LogP contribution >= 0.6 is 0 Å². The fourth-order valence-corrected chi connectivity index (χ4v) is 2.51. The highest BCUT2D eigenvalue weighted by molar-refractivity contribution is 5.65. The Morgan fingerprint density at radius 2 is 2.06 bits per heavy atom. The van der Waals surface area contributed by atoms with Crippen LogP contribution in [0.4, 0.5) is 4.79 Å². The number of carboxylic acid groups (broad SMARTS) is 1. The first kappa shape index (κ1) is 11.0. The lowest BCUT2D eigenvalue weighted by Crippen LogP contribution is -2.41. The zero-order valence-electron chi connectivity index (χ0n) is 9.47. The maximum absolute atomic E-state index is 10.9. The number of likely N-dealkylation sites (tertiary alicyclic amines) is 1. The number of carbonyl (C=O) groups is 1. The highest BCUT2D eigenvalue weighted by Crippen LogP contribution is 2.32. The third-order valence-electron chi connectivity index (χ3n) is 3.40. The van der Waals surface area contributed by atoms with Gasteiger partial charge >= 0.3 is 6.09 Å². The summed E-state index contributed by atoms with van der Waals surface area (Å²) >= 11 is 0. The molecule has 0 bridgehead atoms. The molecule has 1 aliphatic heterocycles. The number of rotatable bonds is 1. The molecule has 1 aromatic rings. The summed E-state index contributed by atoms with van der Waals surface area (Å²) in [6.07, 6.45) is 0.135. The van der Waals surface area contributed by atoms with E-state index in [1.54, 1.807) is 0 Å². The first-order valence-electron chi connectivity index (χ1n) is 5.71. The monoisotopic (exact) mass is 219 g/mol. The average Bonchev–Trinajstić information content (AvgIpc) is 2.30. The highest BCUT2D eigenvalue weighted by Gasteiger charge is 2.29. The van der Waals surface area contributed by atoms with Crippen LogP contribution in [0.15, 0.2) is 30.3 Å². The van der Waals surface area contributed by atoms with Gasteiger partial charge in [-0.05, 0) is 23.8 Å². The van der Waals surface area contributed by atoms with Gasteiger partial charge in [0.15, 0.2) is 0 Å². The Bertz CT molecular complexity index is 363. The molecule has 1 aromatic carbocycles. The Morgan fingerprint density at radius 3 is 2.62 bits per heavy atom. The second-order valence-corrected chi connectivity index (χ2v) is 4.51. The van der Waals surface area contributed by atoms with Gasteiger partial charge in [-0.1, -0.05) is 37.3 Å². The zero-order valence-corrected chi connectivity index (χ0v) is 9.47. The summed E-state index contributed by atoms with van der Waals surface area (Å²) < 4.78 is 0. The minimum atomic E-state index is -0.793. The van der Waals surface area contributed by atoms with Crippen molar-refractivity contribution in [1.82, 2.24) is 4.90 Å². The lowest BCUT2D eigenvalue weighted by atomic mass is 9.82. The molecule has 0 aromatic heterocycles. The minimum Gasteiger partial charge on any atom is -0.465 e. The molecular weight excluding hydrogens is 202 g/mol. The molecule has 1 fully saturated rings. The molecule has 3 heteroatoms. The predicted octanol–water partition coefficient (Wildman–Crippen LogP) is 2.79. The number of nitrogens with zero attached hydrogens (tertiary/aromatic N) is 1. The zero-order chi connectivity index (χ0) is 11.5. The van der Waals surface area contributed by atoms with Crippen molar-refractivity contribution >= 4 is 6.09 Å². The van der Waals surface area contributed by atoms with Crippen LogP contribution in [0.25, 0.3) is 0 Å². The van der Waals surface area contributed by atoms with Crippen LogP contribution in [0.1, 0.15) is 24.8 Å². The normalized spacial score (nSPS) is 25.4. The van der Waals surface area contributed by atoms with E-state index in [9.17, 15) is 4.79 Å². The summed E-state index contributed by atoms with van der Waals surface area (Å²) in [6, 6.07) is 10.4. The second-order valence-electron chi connectivity index (χ2n) is 4.51. The highest BCUT2D eigenvalue weighted by atomic mass is 16.4. The van der Waals surface area contributed by atoms with Crippen LogP contribution in [-0.2, 0) is 0 Å². The minimum absolute atomic E-state index is 0.396. The topological polar surface area (TPSA) is 40.5 Å². The van der Waals surface area contributed by atoms with Crippen molar-refractivity contribution in [3.05, 3.63) is 35.9 Å². The number of piperidine rings is 1. The Labute approximate surface area is 95.7 Å². The molecule has 0 saturated carbocycles. The first-order chi connectivity index (χ1) is 7.68. The molecule has 86 valence electrons. The number of amides is 1. The van der Waals surface area contributed by atoms with Gasteiger partial charge in [0.05, 0.1) is 0 Å². The van der Waals surface area contributed by atoms with Crippen LogP contribution < -0.4 is 0 Å². The van der Waals surface area contributed by atoms with Crippen LogP contribution in [0.3, 0.4) is 0 Å². The van der Waals surface area contributed by atoms with Gasteiger partial charge in [-0.25, -0.2) is 4.79 Å². The molecule has 2 unspecified atom stereocenters. The lowest BCUT2D eigenvalue weighted by molar-refractivity contribution is 0.116. The molecule has 0 aliphatic carbocycles. The molecule has 1 aliphatic rings. The van der Waals surface area contributed by atoms with Gasteiger partial charge < -0.3 is 10.0 Å². The van der Waals surface area contributed by atoms with Gasteiger partial charge in [-0.15, -0.1) is 0 Å². The largest absolute Gasteiger partial charge is 0.465 e. The Hall–Kier alpha value is -1.51. The van der Waals surface area contributed by atoms with Gasteiger partial charge in [0.2, 0.25) is 0 Å². The molecular formula is C13H17NO2. The summed E-state index contributed by atoms with van der Waals surface area (Å²) in [5.74, 6) is 0.893. The summed E-state index contributed by atoms with van der Waals surface area (Å²) in [5.41, 5.74) is 1.33. The van der Waals surface area contributed by atoms with E-state index in [0.717, 1.165) is 6.42 Å². The Kier molecular flexibility index (Phi) is 3.13. The first-order valence-corrected chi connectivity index (χ1v) is 5.71. The summed E-state index contributed by atoms with van der Waals surface area (Å²) in [5, 5.41) is 8.94. The quantitative estimate of drug-likeness (QED) is 0.789. The molecule has 1 N–H and O–H groups in total. The summed E-state index contributed by atoms with van der Waals surface area (Å²) in [7, 11) is 0. The van der Waals surface area contributed by atoms with E-state index in [2.05, 4.69) is 19.1 Å². The van der Waals surface area contributed by atoms with E-state index in [-0.39, 0.29) is 0 Å². The predicted molar refractivity (Wildman–Crippen MR) is 62.6 cm³/mol. The van der Waals surface area contributed by atoms with Gasteiger partial charge in [0, 0.05) is 13.1 Å². The second kappa shape index (κ2) is 4.56. The molecule has 2 rings (SSSR count). The van der Waals surface area contributed by atoms with Crippen LogP contribution in [0.2, 0.25) is 0 Å². The van der Waals surface area contributed by atoms with Crippen LogP contribution in [0.5, 0.6) is 0 Å². The standard InChI is InChI=1S/C13H17NO2/c1-10-9-14(13(15)16)8-7-12(10)11-5-3-2-4-6-11/h2-6,10,12H,7-9H2,1H3,(H,15,16). The molecule has 1 saturated heterocycles. The molecule has 3 nitrogen and oxygen atoms in total. The maximum Gasteiger partial charge on any atom is 0.407 e.